The predicted molar refractivity (Wildman–Crippen MR) is 165 cm³/mol. The highest BCUT2D eigenvalue weighted by atomic mass is 16.5. The number of carbonyl (C=O) groups excluding carboxylic acids is 1. The number of amides is 1. The second-order valence-electron chi connectivity index (χ2n) is 10.8. The molecular formula is C31H41N7O4. The van der Waals surface area contributed by atoms with Crippen molar-refractivity contribution in [1.29, 1.82) is 0 Å². The number of piperidine rings is 1. The molecule has 2 saturated heterocycles. The third kappa shape index (κ3) is 6.69. The number of anilines is 4. The lowest BCUT2D eigenvalue weighted by Gasteiger charge is -2.42. The zero-order chi connectivity index (χ0) is 29.6. The maximum absolute atomic E-state index is 13.1. The molecule has 0 radical (unpaired) electrons. The first-order valence-corrected chi connectivity index (χ1v) is 14.3. The largest absolute Gasteiger partial charge is 0.497 e. The standard InChI is InChI=1S/C31H41N7O4/c1-35-12-14-37(15-13-35)24-8-10-38(11-9-24)28-7-6-23(18-29(28)42-5)34-31-32-20-25(21-33-31)36(2)30(39)22-16-26(40-3)19-27(17-22)41-4/h6-7,16-21,24H,8-15H2,1-5H3,(H,32,33,34). The zero-order valence-corrected chi connectivity index (χ0v) is 25.2. The molecule has 0 bridgehead atoms. The molecule has 1 N–H and O–H groups in total. The Morgan fingerprint density at radius 2 is 1.52 bits per heavy atom. The van der Waals surface area contributed by atoms with Crippen molar-refractivity contribution < 1.29 is 19.0 Å². The molecule has 224 valence electrons. The molecule has 3 aromatic rings. The highest BCUT2D eigenvalue weighted by Gasteiger charge is 2.28. The molecule has 11 nitrogen and oxygen atoms in total. The lowest BCUT2D eigenvalue weighted by Crippen LogP contribution is -2.52. The van der Waals surface area contributed by atoms with E-state index in [0.29, 0.717) is 34.7 Å². The number of rotatable bonds is 9. The number of carbonyl (C=O) groups is 1. The first-order valence-electron chi connectivity index (χ1n) is 14.3. The van der Waals surface area contributed by atoms with Crippen LogP contribution >= 0.6 is 0 Å². The van der Waals surface area contributed by atoms with Gasteiger partial charge in [-0.25, -0.2) is 9.97 Å². The number of ether oxygens (including phenoxy) is 3. The molecule has 0 saturated carbocycles. The summed E-state index contributed by atoms with van der Waals surface area (Å²) in [5.74, 6) is 2.08. The molecule has 0 spiro atoms. The zero-order valence-electron chi connectivity index (χ0n) is 25.2. The number of hydrogen-bond donors (Lipinski definition) is 1. The maximum Gasteiger partial charge on any atom is 0.258 e. The molecular weight excluding hydrogens is 534 g/mol. The number of aromatic nitrogens is 2. The van der Waals surface area contributed by atoms with Gasteiger partial charge in [-0.2, -0.15) is 0 Å². The molecule has 2 aliphatic rings. The summed E-state index contributed by atoms with van der Waals surface area (Å²) in [5, 5.41) is 3.25. The maximum atomic E-state index is 13.1. The minimum atomic E-state index is -0.232. The Bertz CT molecular complexity index is 1330. The second kappa shape index (κ2) is 13.3. The van der Waals surface area contributed by atoms with E-state index in [-0.39, 0.29) is 5.91 Å². The van der Waals surface area contributed by atoms with Crippen molar-refractivity contribution in [3.8, 4) is 17.2 Å². The van der Waals surface area contributed by atoms with Crippen LogP contribution in [0.15, 0.2) is 48.8 Å². The van der Waals surface area contributed by atoms with Crippen LogP contribution in [0.3, 0.4) is 0 Å². The average Bonchev–Trinajstić information content (AvgIpc) is 3.04. The first kappa shape index (κ1) is 29.4. The van der Waals surface area contributed by atoms with Crippen molar-refractivity contribution in [2.24, 2.45) is 0 Å². The summed E-state index contributed by atoms with van der Waals surface area (Å²) in [6.07, 6.45) is 5.55. The molecule has 2 aromatic carbocycles. The summed E-state index contributed by atoms with van der Waals surface area (Å²) >= 11 is 0. The van der Waals surface area contributed by atoms with Crippen LogP contribution in [-0.4, -0.2) is 106 Å². The summed E-state index contributed by atoms with van der Waals surface area (Å²) in [4.78, 5) is 31.0. The van der Waals surface area contributed by atoms with E-state index >= 15 is 0 Å². The molecule has 3 heterocycles. The van der Waals surface area contributed by atoms with Crippen LogP contribution in [0.2, 0.25) is 0 Å². The van der Waals surface area contributed by atoms with Gasteiger partial charge in [0.05, 0.1) is 45.1 Å². The van der Waals surface area contributed by atoms with Crippen molar-refractivity contribution in [2.45, 2.75) is 18.9 Å². The van der Waals surface area contributed by atoms with Crippen molar-refractivity contribution >= 4 is 28.9 Å². The van der Waals surface area contributed by atoms with Gasteiger partial charge in [-0.15, -0.1) is 0 Å². The monoisotopic (exact) mass is 575 g/mol. The number of likely N-dealkylation sites (N-methyl/N-ethyl adjacent to an activating group) is 1. The second-order valence-corrected chi connectivity index (χ2v) is 10.8. The van der Waals surface area contributed by atoms with Gasteiger partial charge in [0.15, 0.2) is 0 Å². The van der Waals surface area contributed by atoms with Crippen LogP contribution in [0, 0.1) is 0 Å². The predicted octanol–water partition coefficient (Wildman–Crippen LogP) is 3.74. The normalized spacial score (nSPS) is 16.6. The van der Waals surface area contributed by atoms with Gasteiger partial charge in [0.25, 0.3) is 5.91 Å². The highest BCUT2D eigenvalue weighted by molar-refractivity contribution is 6.06. The van der Waals surface area contributed by atoms with Crippen LogP contribution < -0.4 is 29.3 Å². The minimum Gasteiger partial charge on any atom is -0.497 e. The fraction of sp³-hybridized carbons (Fsp3) is 0.452. The molecule has 5 rings (SSSR count). The van der Waals surface area contributed by atoms with Gasteiger partial charge in [-0.3, -0.25) is 9.69 Å². The quantitative estimate of drug-likeness (QED) is 0.407. The summed E-state index contributed by atoms with van der Waals surface area (Å²) < 4.78 is 16.4. The van der Waals surface area contributed by atoms with E-state index in [4.69, 9.17) is 14.2 Å². The number of methoxy groups -OCH3 is 3. The molecule has 2 fully saturated rings. The molecule has 1 amide bonds. The van der Waals surface area contributed by atoms with E-state index in [0.717, 1.165) is 69.2 Å². The van der Waals surface area contributed by atoms with Crippen LogP contribution in [-0.2, 0) is 0 Å². The van der Waals surface area contributed by atoms with E-state index in [1.165, 1.54) is 4.90 Å². The van der Waals surface area contributed by atoms with Crippen molar-refractivity contribution in [3.05, 3.63) is 54.4 Å². The van der Waals surface area contributed by atoms with Crippen LogP contribution in [0.5, 0.6) is 17.2 Å². The van der Waals surface area contributed by atoms with Gasteiger partial charge in [0.1, 0.15) is 17.2 Å². The lowest BCUT2D eigenvalue weighted by molar-refractivity contribution is 0.0981. The number of benzene rings is 2. The lowest BCUT2D eigenvalue weighted by atomic mass is 10.0. The van der Waals surface area contributed by atoms with Crippen molar-refractivity contribution in [1.82, 2.24) is 19.8 Å². The summed E-state index contributed by atoms with van der Waals surface area (Å²) in [6, 6.07) is 11.8. The number of nitrogens with one attached hydrogen (secondary N) is 1. The molecule has 2 aliphatic heterocycles. The van der Waals surface area contributed by atoms with Crippen molar-refractivity contribution in [3.63, 3.8) is 0 Å². The Morgan fingerprint density at radius 3 is 2.12 bits per heavy atom. The van der Waals surface area contributed by atoms with E-state index < -0.39 is 0 Å². The van der Waals surface area contributed by atoms with E-state index in [2.05, 4.69) is 43.1 Å². The summed E-state index contributed by atoms with van der Waals surface area (Å²) in [6.45, 7) is 6.67. The van der Waals surface area contributed by atoms with Gasteiger partial charge in [0, 0.05) is 75.7 Å². The van der Waals surface area contributed by atoms with Gasteiger partial charge in [0.2, 0.25) is 5.95 Å². The Kier molecular flexibility index (Phi) is 9.28. The van der Waals surface area contributed by atoms with Gasteiger partial charge in [-0.1, -0.05) is 0 Å². The van der Waals surface area contributed by atoms with E-state index in [9.17, 15) is 4.79 Å². The molecule has 0 aliphatic carbocycles. The van der Waals surface area contributed by atoms with E-state index in [1.807, 2.05) is 12.1 Å². The van der Waals surface area contributed by atoms with Crippen LogP contribution in [0.25, 0.3) is 0 Å². The molecule has 11 heteroatoms. The SMILES string of the molecule is COc1cc(OC)cc(C(=O)N(C)c2cnc(Nc3ccc(N4CCC(N5CCN(C)CC5)CC4)c(OC)c3)nc2)c1. The Hall–Kier alpha value is -4.09. The third-order valence-corrected chi connectivity index (χ3v) is 8.22. The van der Waals surface area contributed by atoms with Gasteiger partial charge >= 0.3 is 0 Å². The smallest absolute Gasteiger partial charge is 0.258 e. The Balaban J connectivity index is 1.20. The van der Waals surface area contributed by atoms with E-state index in [1.54, 1.807) is 59.0 Å². The highest BCUT2D eigenvalue weighted by Crippen LogP contribution is 2.34. The molecule has 1 aromatic heterocycles. The molecule has 0 atom stereocenters. The molecule has 0 unspecified atom stereocenters. The Morgan fingerprint density at radius 1 is 0.881 bits per heavy atom. The average molecular weight is 576 g/mol. The minimum absolute atomic E-state index is 0.232. The van der Waals surface area contributed by atoms with Gasteiger partial charge in [-0.05, 0) is 44.2 Å². The van der Waals surface area contributed by atoms with Crippen molar-refractivity contribution in [2.75, 3.05) is 89.8 Å². The number of piperazine rings is 1. The molecule has 42 heavy (non-hydrogen) atoms. The van der Waals surface area contributed by atoms with Gasteiger partial charge < -0.3 is 34.2 Å². The number of nitrogens with zero attached hydrogens (tertiary/aromatic N) is 6. The van der Waals surface area contributed by atoms with Crippen LogP contribution in [0.4, 0.5) is 23.0 Å². The topological polar surface area (TPSA) is 95.5 Å². The number of hydrogen-bond acceptors (Lipinski definition) is 10. The Labute approximate surface area is 248 Å². The van der Waals surface area contributed by atoms with Crippen LogP contribution in [0.1, 0.15) is 23.2 Å². The fourth-order valence-corrected chi connectivity index (χ4v) is 5.61. The first-order chi connectivity index (χ1) is 20.4. The summed E-state index contributed by atoms with van der Waals surface area (Å²) in [5.41, 5.74) is 2.92. The summed E-state index contributed by atoms with van der Waals surface area (Å²) in [7, 11) is 8.68. The fourth-order valence-electron chi connectivity index (χ4n) is 5.61. The third-order valence-electron chi connectivity index (χ3n) is 8.22.